The molecule has 0 aromatic rings. The molecule has 4 amide bonds. The Kier molecular flexibility index (Phi) is 19.3. The molecule has 1 aliphatic carbocycles. The number of nitrogens with two attached hydrogens (primary N) is 2. The standard InChI is InChI=1S/C41H63N5O8/c1-24-20-27(4)36(49)28(5)22-29(6)38(54-41(43)53)25(2)14-13-15-26(3)39(51)46-34-23-35(48)31(32(21-24)37(34)50)16-9-8-12-19-44-40(52)33(45-30(7)47)17-10-11-18-42/h13-15,22-25,27-28,33,36,38,49H,8-12,16-21,42H2,1-7H3,(H2,43,53)(H,44,52)(H,45,47)(H,46,51)/b14-13-,26-15+,29-22+/t24-,25-,27-,28-,33-,36-,38+/m0/s1. The van der Waals surface area contributed by atoms with Crippen LogP contribution in [0.25, 0.3) is 0 Å². The normalized spacial score (nSPS) is 27.7. The van der Waals surface area contributed by atoms with E-state index in [1.807, 2.05) is 40.7 Å². The number of primary amides is 1. The molecule has 0 radical (unpaired) electrons. The Morgan fingerprint density at radius 3 is 2.37 bits per heavy atom. The maximum absolute atomic E-state index is 13.9. The van der Waals surface area contributed by atoms with Gasteiger partial charge in [0.05, 0.1) is 11.8 Å². The fourth-order valence-corrected chi connectivity index (χ4v) is 7.11. The van der Waals surface area contributed by atoms with Crippen molar-refractivity contribution < 1.29 is 38.6 Å². The summed E-state index contributed by atoms with van der Waals surface area (Å²) < 4.78 is 5.44. The zero-order valence-corrected chi connectivity index (χ0v) is 33.2. The smallest absolute Gasteiger partial charge is 0.405 e. The lowest BCUT2D eigenvalue weighted by Gasteiger charge is -2.28. The minimum Gasteiger partial charge on any atom is -0.441 e. The Morgan fingerprint density at radius 2 is 1.72 bits per heavy atom. The van der Waals surface area contributed by atoms with Crippen molar-refractivity contribution in [1.82, 2.24) is 16.0 Å². The molecule has 54 heavy (non-hydrogen) atoms. The summed E-state index contributed by atoms with van der Waals surface area (Å²) >= 11 is 0. The van der Waals surface area contributed by atoms with Crippen molar-refractivity contribution in [3.63, 3.8) is 0 Å². The topological polar surface area (TPSA) is 220 Å². The fraction of sp³-hybridized carbons (Fsp3) is 0.610. The van der Waals surface area contributed by atoms with Gasteiger partial charge in [-0.15, -0.1) is 0 Å². The quantitative estimate of drug-likeness (QED) is 0.0893. The largest absolute Gasteiger partial charge is 0.441 e. The van der Waals surface area contributed by atoms with Crippen LogP contribution in [-0.2, 0) is 28.7 Å². The van der Waals surface area contributed by atoms with Crippen molar-refractivity contribution in [2.45, 2.75) is 125 Å². The number of carbonyl (C=O) groups is 6. The molecule has 0 saturated heterocycles. The van der Waals surface area contributed by atoms with Gasteiger partial charge >= 0.3 is 6.09 Å². The number of aliphatic hydroxyl groups is 1. The van der Waals surface area contributed by atoms with Crippen molar-refractivity contribution >= 4 is 35.4 Å². The molecule has 8 N–H and O–H groups in total. The van der Waals surface area contributed by atoms with Crippen LogP contribution in [-0.4, -0.2) is 71.8 Å². The first-order valence-electron chi connectivity index (χ1n) is 19.2. The van der Waals surface area contributed by atoms with Gasteiger partial charge < -0.3 is 37.3 Å². The highest BCUT2D eigenvalue weighted by atomic mass is 16.6. The Bertz CT molecular complexity index is 1530. The van der Waals surface area contributed by atoms with Crippen LogP contribution >= 0.6 is 0 Å². The predicted molar refractivity (Wildman–Crippen MR) is 208 cm³/mol. The number of aliphatic hydroxyl groups excluding tert-OH is 1. The number of nitrogens with one attached hydrogen (secondary N) is 3. The number of Topliss-reactive ketones (excluding diaryl/α,β-unsaturated/α-hetero) is 1. The lowest BCUT2D eigenvalue weighted by Crippen LogP contribution is -2.46. The molecular weight excluding hydrogens is 690 g/mol. The van der Waals surface area contributed by atoms with Gasteiger partial charge in [-0.3, -0.25) is 24.0 Å². The van der Waals surface area contributed by atoms with Crippen molar-refractivity contribution in [2.24, 2.45) is 35.1 Å². The number of unbranched alkanes of at least 4 members (excludes halogenated alkanes) is 3. The third-order valence-electron chi connectivity index (χ3n) is 10.0. The molecular formula is C41H63N5O8. The number of hydrogen-bond acceptors (Lipinski definition) is 9. The van der Waals surface area contributed by atoms with Crippen molar-refractivity contribution in [1.29, 1.82) is 0 Å². The first kappa shape index (κ1) is 45.8. The SMILES string of the molecule is CC(=O)N[C@@H](CCCCN)C(=O)NCCCCCC1=C2C[C@@H](C)C[C@H](C)[C@H](O)[C@@H](C)/C=C(\C)[C@H](OC(N)=O)[C@@H](C)/C=C\C=C(/C)C(=O)NC(=CC1=O)C2=O. The maximum atomic E-state index is 13.9. The van der Waals surface area contributed by atoms with Crippen LogP contribution in [0.15, 0.2) is 58.4 Å². The predicted octanol–water partition coefficient (Wildman–Crippen LogP) is 4.36. The second kappa shape index (κ2) is 22.8. The minimum absolute atomic E-state index is 0.0849. The number of hydrogen-bond donors (Lipinski definition) is 6. The van der Waals surface area contributed by atoms with Crippen LogP contribution < -0.4 is 27.4 Å². The highest BCUT2D eigenvalue weighted by Crippen LogP contribution is 2.32. The molecule has 0 unspecified atom stereocenters. The second-order valence-electron chi connectivity index (χ2n) is 15.0. The van der Waals surface area contributed by atoms with E-state index in [0.29, 0.717) is 68.3 Å². The lowest BCUT2D eigenvalue weighted by molar-refractivity contribution is -0.128. The van der Waals surface area contributed by atoms with Gasteiger partial charge in [0.2, 0.25) is 17.6 Å². The molecule has 300 valence electrons. The first-order valence-corrected chi connectivity index (χ1v) is 19.2. The van der Waals surface area contributed by atoms with Crippen molar-refractivity contribution in [3.8, 4) is 0 Å². The highest BCUT2D eigenvalue weighted by molar-refractivity contribution is 6.23. The van der Waals surface area contributed by atoms with Gasteiger partial charge in [0.1, 0.15) is 12.1 Å². The summed E-state index contributed by atoms with van der Waals surface area (Å²) in [4.78, 5) is 76.8. The second-order valence-corrected chi connectivity index (χ2v) is 15.0. The van der Waals surface area contributed by atoms with Gasteiger partial charge in [0.25, 0.3) is 5.91 Å². The fourth-order valence-electron chi connectivity index (χ4n) is 7.11. The zero-order chi connectivity index (χ0) is 40.5. The summed E-state index contributed by atoms with van der Waals surface area (Å²) in [5.41, 5.74) is 12.7. The summed E-state index contributed by atoms with van der Waals surface area (Å²) in [6.45, 7) is 13.3. The number of carbonyl (C=O) groups excluding carboxylic acids is 6. The van der Waals surface area contributed by atoms with Gasteiger partial charge in [-0.05, 0) is 89.2 Å². The minimum atomic E-state index is -0.924. The number of amides is 4. The van der Waals surface area contributed by atoms with E-state index in [-0.39, 0.29) is 53.4 Å². The first-order chi connectivity index (χ1) is 25.5. The Morgan fingerprint density at radius 1 is 1.02 bits per heavy atom. The summed E-state index contributed by atoms with van der Waals surface area (Å²) in [6, 6.07) is -0.625. The Labute approximate surface area is 320 Å². The summed E-state index contributed by atoms with van der Waals surface area (Å²) in [7, 11) is 0. The molecule has 7 atom stereocenters. The molecule has 13 heteroatoms. The van der Waals surface area contributed by atoms with Gasteiger partial charge in [-0.2, -0.15) is 0 Å². The third kappa shape index (κ3) is 14.8. The molecule has 0 saturated carbocycles. The molecule has 2 rings (SSSR count). The number of ketones is 2. The molecule has 0 fully saturated rings. The average Bonchev–Trinajstić information content (AvgIpc) is 3.09. The number of rotatable bonds is 13. The Hall–Kier alpha value is -4.36. The molecule has 13 nitrogen and oxygen atoms in total. The van der Waals surface area contributed by atoms with E-state index in [0.717, 1.165) is 18.4 Å². The molecule has 1 heterocycles. The lowest BCUT2D eigenvalue weighted by atomic mass is 9.80. The van der Waals surface area contributed by atoms with E-state index in [9.17, 15) is 33.9 Å². The average molecular weight is 754 g/mol. The van der Waals surface area contributed by atoms with Crippen molar-refractivity contribution in [3.05, 3.63) is 58.4 Å². The van der Waals surface area contributed by atoms with Gasteiger partial charge in [-0.1, -0.05) is 58.4 Å². The number of ether oxygens (including phenoxy) is 1. The summed E-state index contributed by atoms with van der Waals surface area (Å²) in [5.74, 6) is -2.72. The van der Waals surface area contributed by atoms with E-state index in [1.165, 1.54) is 13.0 Å². The number of fused-ring (bicyclic) bond motifs is 2. The van der Waals surface area contributed by atoms with Gasteiger partial charge in [0.15, 0.2) is 5.78 Å². The van der Waals surface area contributed by atoms with Gasteiger partial charge in [0, 0.05) is 48.1 Å². The van der Waals surface area contributed by atoms with Crippen LogP contribution in [0.1, 0.15) is 106 Å². The van der Waals surface area contributed by atoms with Crippen LogP contribution in [0.2, 0.25) is 0 Å². The van der Waals surface area contributed by atoms with E-state index in [1.54, 1.807) is 25.2 Å². The van der Waals surface area contributed by atoms with Crippen LogP contribution in [0.4, 0.5) is 4.79 Å². The van der Waals surface area contributed by atoms with Crippen LogP contribution in [0.3, 0.4) is 0 Å². The summed E-state index contributed by atoms with van der Waals surface area (Å²) in [5, 5.41) is 19.5. The molecule has 2 aliphatic rings. The van der Waals surface area contributed by atoms with Gasteiger partial charge in [-0.25, -0.2) is 4.79 Å². The van der Waals surface area contributed by atoms with Crippen LogP contribution in [0, 0.1) is 23.7 Å². The Balaban J connectivity index is 2.29. The molecule has 0 aromatic heterocycles. The summed E-state index contributed by atoms with van der Waals surface area (Å²) in [6.07, 6.45) is 10.8. The maximum Gasteiger partial charge on any atom is 0.405 e. The van der Waals surface area contributed by atoms with E-state index >= 15 is 0 Å². The zero-order valence-electron chi connectivity index (χ0n) is 33.2. The highest BCUT2D eigenvalue weighted by Gasteiger charge is 2.32. The molecule has 0 aromatic carbocycles. The number of allylic oxidation sites excluding steroid dienone is 5. The van der Waals surface area contributed by atoms with Crippen LogP contribution in [0.5, 0.6) is 0 Å². The molecule has 2 bridgehead atoms. The van der Waals surface area contributed by atoms with E-state index in [4.69, 9.17) is 16.2 Å². The monoisotopic (exact) mass is 753 g/mol. The molecule has 0 spiro atoms. The third-order valence-corrected chi connectivity index (χ3v) is 10.0. The van der Waals surface area contributed by atoms with E-state index in [2.05, 4.69) is 16.0 Å². The van der Waals surface area contributed by atoms with Crippen molar-refractivity contribution in [2.75, 3.05) is 13.1 Å². The molecule has 1 aliphatic heterocycles. The van der Waals surface area contributed by atoms with E-state index < -0.39 is 36.0 Å².